The second kappa shape index (κ2) is 6.87. The molecule has 5 nitrogen and oxygen atoms in total. The summed E-state index contributed by atoms with van der Waals surface area (Å²) in [6, 6.07) is 0.873. The number of aromatic nitrogens is 1. The van der Waals surface area contributed by atoms with E-state index in [1.807, 2.05) is 0 Å². The smallest absolute Gasteiger partial charge is 0.208 e. The molecule has 2 rings (SSSR count). The Morgan fingerprint density at radius 3 is 3.17 bits per heavy atom. The average molecular weight is 253 g/mol. The van der Waals surface area contributed by atoms with Crippen LogP contribution < -0.4 is 10.6 Å². The molecular formula is C13H23N3O2. The van der Waals surface area contributed by atoms with Crippen LogP contribution in [0.15, 0.2) is 10.6 Å². The number of hydrogen-bond donors (Lipinski definition) is 2. The number of morpholine rings is 1. The molecule has 2 unspecified atom stereocenters. The van der Waals surface area contributed by atoms with Crippen LogP contribution in [0.3, 0.4) is 0 Å². The molecule has 1 aliphatic heterocycles. The lowest BCUT2D eigenvalue weighted by Gasteiger charge is -2.26. The molecule has 2 heterocycles. The van der Waals surface area contributed by atoms with E-state index in [1.165, 1.54) is 0 Å². The van der Waals surface area contributed by atoms with E-state index in [9.17, 15) is 0 Å². The average Bonchev–Trinajstić information content (AvgIpc) is 2.85. The van der Waals surface area contributed by atoms with Gasteiger partial charge in [0.1, 0.15) is 5.76 Å². The number of nitrogens with zero attached hydrogens (tertiary/aromatic N) is 1. The first-order valence-electron chi connectivity index (χ1n) is 6.76. The Kier molecular flexibility index (Phi) is 5.16. The Labute approximate surface area is 108 Å². The van der Waals surface area contributed by atoms with Crippen molar-refractivity contribution < 1.29 is 9.15 Å². The normalized spacial score (nSPS) is 22.0. The molecule has 0 amide bonds. The number of hydrogen-bond acceptors (Lipinski definition) is 5. The van der Waals surface area contributed by atoms with Gasteiger partial charge in [-0.3, -0.25) is 0 Å². The maximum Gasteiger partial charge on any atom is 0.208 e. The van der Waals surface area contributed by atoms with Gasteiger partial charge in [0.15, 0.2) is 0 Å². The Hall–Kier alpha value is -0.910. The largest absolute Gasteiger partial charge is 0.444 e. The first kappa shape index (κ1) is 13.5. The van der Waals surface area contributed by atoms with Crippen molar-refractivity contribution in [3.8, 4) is 0 Å². The van der Waals surface area contributed by atoms with Crippen LogP contribution in [0, 0.1) is 0 Å². The zero-order valence-electron chi connectivity index (χ0n) is 11.2. The van der Waals surface area contributed by atoms with Gasteiger partial charge in [-0.05, 0) is 13.3 Å². The van der Waals surface area contributed by atoms with Crippen LogP contribution in [0.25, 0.3) is 0 Å². The highest BCUT2D eigenvalue weighted by atomic mass is 16.5. The van der Waals surface area contributed by atoms with E-state index in [0.717, 1.165) is 44.3 Å². The molecule has 102 valence electrons. The quantitative estimate of drug-likeness (QED) is 0.795. The predicted molar refractivity (Wildman–Crippen MR) is 69.4 cm³/mol. The van der Waals surface area contributed by atoms with E-state index < -0.39 is 0 Å². The van der Waals surface area contributed by atoms with Gasteiger partial charge in [-0.15, -0.1) is 0 Å². The minimum atomic E-state index is 0.418. The molecule has 18 heavy (non-hydrogen) atoms. The van der Waals surface area contributed by atoms with E-state index in [-0.39, 0.29) is 0 Å². The van der Waals surface area contributed by atoms with Gasteiger partial charge in [0.25, 0.3) is 0 Å². The number of oxazole rings is 1. The fraction of sp³-hybridized carbons (Fsp3) is 0.769. The first-order valence-corrected chi connectivity index (χ1v) is 6.76. The highest BCUT2D eigenvalue weighted by Gasteiger charge is 2.16. The molecule has 0 spiro atoms. The van der Waals surface area contributed by atoms with Crippen molar-refractivity contribution in [1.29, 1.82) is 0 Å². The fourth-order valence-corrected chi connectivity index (χ4v) is 2.14. The van der Waals surface area contributed by atoms with Crippen LogP contribution in [-0.4, -0.2) is 36.8 Å². The van der Waals surface area contributed by atoms with Gasteiger partial charge in [0.05, 0.1) is 26.0 Å². The van der Waals surface area contributed by atoms with E-state index >= 15 is 0 Å². The summed E-state index contributed by atoms with van der Waals surface area (Å²) in [7, 11) is 0. The molecule has 1 aliphatic rings. The van der Waals surface area contributed by atoms with E-state index in [2.05, 4.69) is 29.5 Å². The van der Waals surface area contributed by atoms with Gasteiger partial charge in [-0.1, -0.05) is 6.92 Å². The molecule has 0 aromatic carbocycles. The molecule has 0 radical (unpaired) electrons. The van der Waals surface area contributed by atoms with Crippen molar-refractivity contribution in [1.82, 2.24) is 15.6 Å². The minimum Gasteiger partial charge on any atom is -0.444 e. The van der Waals surface area contributed by atoms with Gasteiger partial charge in [0, 0.05) is 25.0 Å². The number of ether oxygens (including phenoxy) is 1. The highest BCUT2D eigenvalue weighted by molar-refractivity contribution is 4.93. The number of rotatable bonds is 6. The van der Waals surface area contributed by atoms with E-state index in [4.69, 9.17) is 9.15 Å². The molecule has 2 N–H and O–H groups in total. The molecular weight excluding hydrogens is 230 g/mol. The predicted octanol–water partition coefficient (Wildman–Crippen LogP) is 1.09. The van der Waals surface area contributed by atoms with Crippen LogP contribution >= 0.6 is 0 Å². The van der Waals surface area contributed by atoms with Gasteiger partial charge in [-0.2, -0.15) is 0 Å². The van der Waals surface area contributed by atoms with Crippen LogP contribution in [0.4, 0.5) is 0 Å². The molecule has 0 bridgehead atoms. The molecule has 2 atom stereocenters. The van der Waals surface area contributed by atoms with Crippen molar-refractivity contribution in [2.75, 3.05) is 19.8 Å². The molecule has 1 aromatic heterocycles. The second-order valence-electron chi connectivity index (χ2n) is 4.82. The molecule has 1 saturated heterocycles. The Morgan fingerprint density at radius 2 is 2.50 bits per heavy atom. The Bertz CT molecular complexity index is 348. The van der Waals surface area contributed by atoms with Crippen LogP contribution in [0.2, 0.25) is 0 Å². The lowest BCUT2D eigenvalue weighted by Crippen LogP contribution is -2.44. The molecule has 1 aromatic rings. The summed E-state index contributed by atoms with van der Waals surface area (Å²) in [5.41, 5.74) is 0. The third-order valence-corrected chi connectivity index (χ3v) is 3.19. The summed E-state index contributed by atoms with van der Waals surface area (Å²) in [5.74, 6) is 1.72. The maximum atomic E-state index is 5.56. The topological polar surface area (TPSA) is 59.3 Å². The molecule has 5 heteroatoms. The van der Waals surface area contributed by atoms with Gasteiger partial charge in [-0.25, -0.2) is 4.98 Å². The van der Waals surface area contributed by atoms with Gasteiger partial charge in [0.2, 0.25) is 5.89 Å². The van der Waals surface area contributed by atoms with Gasteiger partial charge >= 0.3 is 0 Å². The SMILES string of the molecule is CCc1cnc(CNC(C)CC2COCCN2)o1. The Balaban J connectivity index is 1.68. The number of aryl methyl sites for hydroxylation is 1. The second-order valence-corrected chi connectivity index (χ2v) is 4.82. The Morgan fingerprint density at radius 1 is 1.61 bits per heavy atom. The molecule has 0 saturated carbocycles. The number of nitrogens with one attached hydrogen (secondary N) is 2. The van der Waals surface area contributed by atoms with Gasteiger partial charge < -0.3 is 19.8 Å². The molecule has 0 aliphatic carbocycles. The van der Waals surface area contributed by atoms with Crippen molar-refractivity contribution in [3.63, 3.8) is 0 Å². The standard InChI is InChI=1S/C13H23N3O2/c1-3-12-7-16-13(18-12)8-15-10(2)6-11-9-17-5-4-14-11/h7,10-11,14-15H,3-6,8-9H2,1-2H3. The first-order chi connectivity index (χ1) is 8.78. The van der Waals surface area contributed by atoms with Crippen molar-refractivity contribution >= 4 is 0 Å². The van der Waals surface area contributed by atoms with Crippen molar-refractivity contribution in [2.45, 2.75) is 45.3 Å². The monoisotopic (exact) mass is 253 g/mol. The summed E-state index contributed by atoms with van der Waals surface area (Å²) in [6.45, 7) is 7.53. The zero-order chi connectivity index (χ0) is 12.8. The lowest BCUT2D eigenvalue weighted by atomic mass is 10.1. The fourth-order valence-electron chi connectivity index (χ4n) is 2.14. The third-order valence-electron chi connectivity index (χ3n) is 3.19. The van der Waals surface area contributed by atoms with Crippen molar-refractivity contribution in [3.05, 3.63) is 17.8 Å². The maximum absolute atomic E-state index is 5.56. The van der Waals surface area contributed by atoms with Crippen molar-refractivity contribution in [2.24, 2.45) is 0 Å². The minimum absolute atomic E-state index is 0.418. The summed E-state index contributed by atoms with van der Waals surface area (Å²) in [5, 5.41) is 6.89. The summed E-state index contributed by atoms with van der Waals surface area (Å²) >= 11 is 0. The summed E-state index contributed by atoms with van der Waals surface area (Å²) in [4.78, 5) is 4.24. The third kappa shape index (κ3) is 4.08. The van der Waals surface area contributed by atoms with E-state index in [0.29, 0.717) is 18.6 Å². The summed E-state index contributed by atoms with van der Waals surface area (Å²) < 4.78 is 11.0. The molecule has 1 fully saturated rings. The summed E-state index contributed by atoms with van der Waals surface area (Å²) in [6.07, 6.45) is 3.76. The highest BCUT2D eigenvalue weighted by Crippen LogP contribution is 2.06. The lowest BCUT2D eigenvalue weighted by molar-refractivity contribution is 0.0711. The van der Waals surface area contributed by atoms with Crippen LogP contribution in [0.1, 0.15) is 31.9 Å². The van der Waals surface area contributed by atoms with Crippen LogP contribution in [0.5, 0.6) is 0 Å². The zero-order valence-corrected chi connectivity index (χ0v) is 11.2. The van der Waals surface area contributed by atoms with E-state index in [1.54, 1.807) is 6.20 Å². The van der Waals surface area contributed by atoms with Crippen LogP contribution in [-0.2, 0) is 17.7 Å².